The third-order valence-electron chi connectivity index (χ3n) is 5.87. The first kappa shape index (κ1) is 27.3. The van der Waals surface area contributed by atoms with Crippen molar-refractivity contribution in [1.29, 1.82) is 0 Å². The molecule has 4 rings (SSSR count). The number of rotatable bonds is 10. The Morgan fingerprint density at radius 3 is 2.42 bits per heavy atom. The maximum Gasteiger partial charge on any atom is 0.300 e. The molecule has 1 aliphatic carbocycles. The molecule has 1 heterocycles. The van der Waals surface area contributed by atoms with E-state index in [1.807, 2.05) is 14.9 Å². The topological polar surface area (TPSA) is 121 Å². The number of pyridine rings is 1. The summed E-state index contributed by atoms with van der Waals surface area (Å²) in [5, 5.41) is 2.45. The van der Waals surface area contributed by atoms with Crippen molar-refractivity contribution in [3.8, 4) is 0 Å². The Bertz CT molecular complexity index is 1500. The lowest BCUT2D eigenvalue weighted by molar-refractivity contribution is 0.0538. The predicted octanol–water partition coefficient (Wildman–Crippen LogP) is 4.02. The van der Waals surface area contributed by atoms with Gasteiger partial charge in [0.05, 0.1) is 24.0 Å². The Balaban J connectivity index is 1.72. The summed E-state index contributed by atoms with van der Waals surface area (Å²) in [6.07, 6.45) is 2.37. The summed E-state index contributed by atoms with van der Waals surface area (Å²) in [5.41, 5.74) is 0.805. The van der Waals surface area contributed by atoms with Gasteiger partial charge in [0.2, 0.25) is 0 Å². The zero-order valence-electron chi connectivity index (χ0n) is 20.2. The lowest BCUT2D eigenvalue weighted by Gasteiger charge is -2.17. The number of hydrogen-bond acceptors (Lipinski definition) is 6. The van der Waals surface area contributed by atoms with Crippen molar-refractivity contribution in [3.05, 3.63) is 82.1 Å². The van der Waals surface area contributed by atoms with E-state index in [2.05, 4.69) is 15.1 Å². The largest absolute Gasteiger partial charge is 0.350 e. The fraction of sp³-hybridized carbons (Fsp3) is 0.250. The van der Waals surface area contributed by atoms with Crippen molar-refractivity contribution in [3.63, 3.8) is 0 Å². The van der Waals surface area contributed by atoms with E-state index < -0.39 is 68.4 Å². The first-order chi connectivity index (χ1) is 18.0. The Morgan fingerprint density at radius 2 is 1.79 bits per heavy atom. The second-order valence-corrected chi connectivity index (χ2v) is 10.1. The van der Waals surface area contributed by atoms with Crippen molar-refractivity contribution < 1.29 is 35.6 Å². The Hall–Kier alpha value is -3.75. The minimum atomic E-state index is -4.11. The van der Waals surface area contributed by atoms with Crippen LogP contribution in [-0.2, 0) is 21.5 Å². The van der Waals surface area contributed by atoms with Crippen molar-refractivity contribution in [2.45, 2.75) is 25.2 Å². The minimum Gasteiger partial charge on any atom is -0.350 e. The molecule has 0 spiro atoms. The van der Waals surface area contributed by atoms with Gasteiger partial charge in [-0.05, 0) is 59.7 Å². The molecular weight excluding hydrogens is 530 g/mol. The third-order valence-corrected chi connectivity index (χ3v) is 6.87. The van der Waals surface area contributed by atoms with Crippen molar-refractivity contribution in [2.24, 2.45) is 0 Å². The van der Waals surface area contributed by atoms with Crippen LogP contribution in [0.25, 0.3) is 0 Å². The number of halogens is 4. The fourth-order valence-corrected chi connectivity index (χ4v) is 4.27. The summed E-state index contributed by atoms with van der Waals surface area (Å²) < 4.78 is 87.4. The van der Waals surface area contributed by atoms with Gasteiger partial charge in [0.1, 0.15) is 5.82 Å². The molecule has 3 aromatic rings. The molecule has 1 amide bonds. The monoisotopic (exact) mass is 553 g/mol. The van der Waals surface area contributed by atoms with Crippen LogP contribution in [-0.4, -0.2) is 33.5 Å². The number of nitrogens with one attached hydrogen (secondary N) is 4. The fourth-order valence-electron chi connectivity index (χ4n) is 3.77. The Kier molecular flexibility index (Phi) is 7.85. The molecular formula is C24H23F4N5O4S. The average Bonchev–Trinajstić information content (AvgIpc) is 3.72. The predicted molar refractivity (Wildman–Crippen MR) is 131 cm³/mol. The first-order valence-corrected chi connectivity index (χ1v) is 12.8. The first-order valence-electron chi connectivity index (χ1n) is 11.3. The van der Waals surface area contributed by atoms with E-state index in [1.165, 1.54) is 12.1 Å². The van der Waals surface area contributed by atoms with Gasteiger partial charge in [-0.25, -0.2) is 32.7 Å². The van der Waals surface area contributed by atoms with E-state index in [0.29, 0.717) is 0 Å². The van der Waals surface area contributed by atoms with Crippen LogP contribution in [0.4, 0.5) is 34.8 Å². The summed E-state index contributed by atoms with van der Waals surface area (Å²) in [6, 6.07) is 6.42. The molecule has 0 atom stereocenters. The number of carbonyl (C=O) groups excluding carboxylic acids is 1. The van der Waals surface area contributed by atoms with Gasteiger partial charge in [0, 0.05) is 19.7 Å². The van der Waals surface area contributed by atoms with E-state index in [1.54, 1.807) is 6.07 Å². The summed E-state index contributed by atoms with van der Waals surface area (Å²) in [6.45, 7) is 0. The molecule has 38 heavy (non-hydrogen) atoms. The number of benzene rings is 2. The smallest absolute Gasteiger partial charge is 0.300 e. The van der Waals surface area contributed by atoms with Gasteiger partial charge < -0.3 is 5.32 Å². The van der Waals surface area contributed by atoms with Gasteiger partial charge in [-0.1, -0.05) is 6.07 Å². The summed E-state index contributed by atoms with van der Waals surface area (Å²) in [5.74, 6) is -6.18. The second-order valence-electron chi connectivity index (χ2n) is 8.48. The van der Waals surface area contributed by atoms with Gasteiger partial charge in [0.25, 0.3) is 16.1 Å². The third kappa shape index (κ3) is 5.87. The summed E-state index contributed by atoms with van der Waals surface area (Å²) in [7, 11) is -1.89. The highest BCUT2D eigenvalue weighted by Gasteiger charge is 2.27. The van der Waals surface area contributed by atoms with Crippen molar-refractivity contribution in [2.75, 3.05) is 24.2 Å². The van der Waals surface area contributed by atoms with Gasteiger partial charge in [-0.15, -0.1) is 0 Å². The molecule has 1 saturated carbocycles. The summed E-state index contributed by atoms with van der Waals surface area (Å²) in [4.78, 5) is 20.9. The van der Waals surface area contributed by atoms with Gasteiger partial charge >= 0.3 is 0 Å². The number of hydroxylamine groups is 1. The molecule has 0 saturated heterocycles. The van der Waals surface area contributed by atoms with Crippen LogP contribution >= 0.6 is 0 Å². The zero-order chi connectivity index (χ0) is 27.6. The highest BCUT2D eigenvalue weighted by molar-refractivity contribution is 7.90. The number of aromatic nitrogens is 1. The molecule has 0 radical (unpaired) electrons. The van der Waals surface area contributed by atoms with E-state index in [-0.39, 0.29) is 17.2 Å². The molecule has 0 aliphatic heterocycles. The van der Waals surface area contributed by atoms with Crippen LogP contribution in [0.5, 0.6) is 0 Å². The molecule has 1 aromatic heterocycles. The SMILES string of the molecule is CNS(=O)(=O)Nc1nccc(Cc2cc(C(=O)NOC)c(Nc3ccc(C4CC4)cc3F)c(F)c2F)c1F. The summed E-state index contributed by atoms with van der Waals surface area (Å²) >= 11 is 0. The van der Waals surface area contributed by atoms with Crippen LogP contribution in [0.1, 0.15) is 45.8 Å². The zero-order valence-corrected chi connectivity index (χ0v) is 21.0. The molecule has 14 heteroatoms. The van der Waals surface area contributed by atoms with E-state index in [9.17, 15) is 22.0 Å². The maximum atomic E-state index is 15.3. The number of hydrogen-bond donors (Lipinski definition) is 4. The second kappa shape index (κ2) is 10.9. The van der Waals surface area contributed by atoms with Crippen LogP contribution in [0, 0.1) is 23.3 Å². The molecule has 202 valence electrons. The van der Waals surface area contributed by atoms with Crippen molar-refractivity contribution in [1.82, 2.24) is 15.2 Å². The standard InChI is InChI=1S/C24H23F4N5O4S/c1-29-38(35,36)33-23-20(27)14(7-8-30-23)9-15-10-16(24(34)32-37-2)22(21(28)19(15)26)31-18-6-5-13(11-17(18)25)12-3-4-12/h5-8,10-12,29,31H,3-4,9H2,1-2H3,(H,30,33)(H,32,34). The minimum absolute atomic E-state index is 0.187. The Labute approximate surface area is 215 Å². The van der Waals surface area contributed by atoms with Crippen LogP contribution in [0.15, 0.2) is 36.5 Å². The number of nitrogens with zero attached hydrogens (tertiary/aromatic N) is 1. The molecule has 4 N–H and O–H groups in total. The average molecular weight is 554 g/mol. The molecule has 0 unspecified atom stereocenters. The van der Waals surface area contributed by atoms with Gasteiger partial charge in [-0.3, -0.25) is 14.4 Å². The van der Waals surface area contributed by atoms with Gasteiger partial charge in [-0.2, -0.15) is 8.42 Å². The van der Waals surface area contributed by atoms with Crippen LogP contribution in [0.2, 0.25) is 0 Å². The lowest BCUT2D eigenvalue weighted by atomic mass is 9.99. The van der Waals surface area contributed by atoms with Crippen LogP contribution < -0.4 is 20.2 Å². The maximum absolute atomic E-state index is 15.3. The Morgan fingerprint density at radius 1 is 1.05 bits per heavy atom. The van der Waals surface area contributed by atoms with Gasteiger partial charge in [0.15, 0.2) is 23.3 Å². The van der Waals surface area contributed by atoms with E-state index >= 15 is 8.78 Å². The molecule has 2 aromatic carbocycles. The normalized spacial score (nSPS) is 13.3. The molecule has 0 bridgehead atoms. The van der Waals surface area contributed by atoms with Crippen molar-refractivity contribution >= 4 is 33.3 Å². The number of anilines is 3. The number of amides is 1. The van der Waals surface area contributed by atoms with E-state index in [0.717, 1.165) is 50.9 Å². The highest BCUT2D eigenvalue weighted by atomic mass is 32.2. The van der Waals surface area contributed by atoms with E-state index in [4.69, 9.17) is 0 Å². The molecule has 9 nitrogen and oxygen atoms in total. The number of carbonyl (C=O) groups is 1. The molecule has 1 aliphatic rings. The lowest BCUT2D eigenvalue weighted by Crippen LogP contribution is -2.27. The van der Waals surface area contributed by atoms with Crippen LogP contribution in [0.3, 0.4) is 0 Å². The molecule has 1 fully saturated rings. The quantitative estimate of drug-likeness (QED) is 0.222. The highest BCUT2D eigenvalue weighted by Crippen LogP contribution is 2.41.